The summed E-state index contributed by atoms with van der Waals surface area (Å²) >= 11 is 0. The van der Waals surface area contributed by atoms with Crippen LogP contribution in [-0.4, -0.2) is 4.98 Å². The summed E-state index contributed by atoms with van der Waals surface area (Å²) in [6.07, 6.45) is 19.1. The van der Waals surface area contributed by atoms with Gasteiger partial charge in [0, 0.05) is 50.0 Å². The van der Waals surface area contributed by atoms with Crippen molar-refractivity contribution in [2.75, 3.05) is 0 Å². The summed E-state index contributed by atoms with van der Waals surface area (Å²) in [5.41, 5.74) is 7.97. The third-order valence-corrected chi connectivity index (χ3v) is 9.37. The molecular formula is C28H32NY-. The van der Waals surface area contributed by atoms with Gasteiger partial charge in [0.25, 0.3) is 0 Å². The maximum atomic E-state index is 4.76. The van der Waals surface area contributed by atoms with Crippen LogP contribution < -0.4 is 0 Å². The Morgan fingerprint density at radius 1 is 0.933 bits per heavy atom. The molecule has 0 saturated heterocycles. The molecule has 0 amide bonds. The van der Waals surface area contributed by atoms with E-state index in [1.165, 1.54) is 56.1 Å². The van der Waals surface area contributed by atoms with E-state index in [2.05, 4.69) is 68.9 Å². The largest absolute Gasteiger partial charge is 0.325 e. The fraction of sp³-hybridized carbons (Fsp3) is 0.500. The van der Waals surface area contributed by atoms with E-state index in [1.54, 1.807) is 11.1 Å². The smallest absolute Gasteiger partial charge is 0.0708 e. The molecule has 6 rings (SSSR count). The normalized spacial score (nSPS) is 37.3. The van der Waals surface area contributed by atoms with Crippen LogP contribution in [0.5, 0.6) is 0 Å². The number of rotatable bonds is 1. The maximum Gasteiger partial charge on any atom is 0.0708 e. The van der Waals surface area contributed by atoms with Crippen LogP contribution in [0.4, 0.5) is 0 Å². The van der Waals surface area contributed by atoms with E-state index in [9.17, 15) is 0 Å². The number of nitrogens with zero attached hydrogens (tertiary/aromatic N) is 1. The first-order chi connectivity index (χ1) is 14.1. The van der Waals surface area contributed by atoms with Crippen LogP contribution in [0.1, 0.15) is 64.4 Å². The molecule has 1 heterocycles. The van der Waals surface area contributed by atoms with Gasteiger partial charge in [0.2, 0.25) is 0 Å². The zero-order chi connectivity index (χ0) is 19.6. The fourth-order valence-electron chi connectivity index (χ4n) is 7.76. The number of allylic oxidation sites excluding steroid dienone is 4. The number of fused-ring (bicyclic) bond motifs is 6. The van der Waals surface area contributed by atoms with Crippen LogP contribution in [0.25, 0.3) is 16.8 Å². The monoisotopic (exact) mass is 471 g/mol. The van der Waals surface area contributed by atoms with Gasteiger partial charge in [-0.2, -0.15) is 12.8 Å². The topological polar surface area (TPSA) is 12.9 Å². The first-order valence-corrected chi connectivity index (χ1v) is 11.7. The number of hydrogen-bond donors (Lipinski definition) is 0. The molecule has 1 nitrogen and oxygen atoms in total. The Morgan fingerprint density at radius 2 is 1.80 bits per heavy atom. The van der Waals surface area contributed by atoms with Crippen molar-refractivity contribution in [3.63, 3.8) is 0 Å². The number of aromatic nitrogens is 1. The molecule has 2 heteroatoms. The minimum Gasteiger partial charge on any atom is -0.325 e. The SMILES string of the molecule is C[C@]12CC[CH-]CC1=CCC1C2CC[C@]2(C)C(c3cnc4cccccc3-4)=CCC12.[Y]. The molecule has 0 bridgehead atoms. The third kappa shape index (κ3) is 2.91. The van der Waals surface area contributed by atoms with Gasteiger partial charge in [0.15, 0.2) is 0 Å². The fourth-order valence-corrected chi connectivity index (χ4v) is 7.76. The summed E-state index contributed by atoms with van der Waals surface area (Å²) in [7, 11) is 0. The van der Waals surface area contributed by atoms with E-state index in [1.807, 2.05) is 0 Å². The molecule has 153 valence electrons. The van der Waals surface area contributed by atoms with E-state index in [0.717, 1.165) is 23.4 Å². The van der Waals surface area contributed by atoms with Gasteiger partial charge in [-0.3, -0.25) is 4.98 Å². The first-order valence-electron chi connectivity index (χ1n) is 11.7. The zero-order valence-corrected chi connectivity index (χ0v) is 21.2. The summed E-state index contributed by atoms with van der Waals surface area (Å²) in [5, 5.41) is 0. The van der Waals surface area contributed by atoms with E-state index in [0.29, 0.717) is 10.8 Å². The maximum absolute atomic E-state index is 4.76. The standard InChI is InChI=1S/C28H32N.Y/c1-27-16-7-6-8-19(27)11-12-21-23-13-14-24(28(23,2)17-15-25(21)27)22-18-29-26-10-5-3-4-9-20(22)26;/h3-6,9-11,14,18,21,23,25H,7-8,12-13,15-17H2,1-2H3;/q-1;/t21?,23?,25?,27-,28-;/m0./s1. The zero-order valence-electron chi connectivity index (χ0n) is 18.4. The second-order valence-corrected chi connectivity index (χ2v) is 10.5. The minimum atomic E-state index is 0. The average Bonchev–Trinajstić information content (AvgIpc) is 3.18. The van der Waals surface area contributed by atoms with Crippen molar-refractivity contribution in [2.45, 2.75) is 58.8 Å². The second-order valence-electron chi connectivity index (χ2n) is 10.5. The summed E-state index contributed by atoms with van der Waals surface area (Å²) < 4.78 is 0. The van der Waals surface area contributed by atoms with Crippen molar-refractivity contribution in [1.82, 2.24) is 4.98 Å². The van der Waals surface area contributed by atoms with Gasteiger partial charge in [0.1, 0.15) is 0 Å². The van der Waals surface area contributed by atoms with Gasteiger partial charge in [-0.25, -0.2) is 0 Å². The van der Waals surface area contributed by atoms with E-state index in [-0.39, 0.29) is 32.7 Å². The second kappa shape index (κ2) is 7.66. The molecule has 5 atom stereocenters. The Kier molecular flexibility index (Phi) is 5.39. The van der Waals surface area contributed by atoms with E-state index in [4.69, 9.17) is 4.98 Å². The van der Waals surface area contributed by atoms with Gasteiger partial charge in [-0.05, 0) is 65.9 Å². The van der Waals surface area contributed by atoms with Gasteiger partial charge >= 0.3 is 0 Å². The van der Waals surface area contributed by atoms with Crippen molar-refractivity contribution in [3.05, 3.63) is 66.2 Å². The molecule has 0 spiro atoms. The molecule has 2 saturated carbocycles. The third-order valence-electron chi connectivity index (χ3n) is 9.37. The molecule has 1 aliphatic heterocycles. The Labute approximate surface area is 207 Å². The molecule has 30 heavy (non-hydrogen) atoms. The molecule has 0 aromatic rings. The summed E-state index contributed by atoms with van der Waals surface area (Å²) in [4.78, 5) is 4.76. The van der Waals surface area contributed by atoms with Crippen LogP contribution in [0.3, 0.4) is 0 Å². The van der Waals surface area contributed by atoms with Crippen LogP contribution in [0, 0.1) is 35.0 Å². The van der Waals surface area contributed by atoms with Crippen molar-refractivity contribution < 1.29 is 32.7 Å². The van der Waals surface area contributed by atoms with Gasteiger partial charge in [-0.1, -0.05) is 62.3 Å². The Bertz CT molecular complexity index is 990. The van der Waals surface area contributed by atoms with Gasteiger partial charge in [-0.15, -0.1) is 0 Å². The van der Waals surface area contributed by atoms with Crippen LogP contribution in [0.15, 0.2) is 54.3 Å². The Hall–Kier alpha value is -0.786. The predicted octanol–water partition coefficient (Wildman–Crippen LogP) is 7.34. The summed E-state index contributed by atoms with van der Waals surface area (Å²) in [6, 6.07) is 10.8. The van der Waals surface area contributed by atoms with Crippen molar-refractivity contribution in [2.24, 2.45) is 28.6 Å². The molecular weight excluding hydrogens is 439 g/mol. The Morgan fingerprint density at radius 3 is 2.70 bits per heavy atom. The molecule has 0 aromatic carbocycles. The predicted molar refractivity (Wildman–Crippen MR) is 120 cm³/mol. The quantitative estimate of drug-likeness (QED) is 0.313. The molecule has 5 aliphatic carbocycles. The van der Waals surface area contributed by atoms with Crippen molar-refractivity contribution in [1.29, 1.82) is 0 Å². The molecule has 3 unspecified atom stereocenters. The molecule has 0 aromatic heterocycles. The van der Waals surface area contributed by atoms with Crippen molar-refractivity contribution >= 4 is 5.57 Å². The Balaban J connectivity index is 0.00000193. The van der Waals surface area contributed by atoms with Gasteiger partial charge in [0.05, 0.1) is 5.69 Å². The van der Waals surface area contributed by atoms with Crippen molar-refractivity contribution in [3.8, 4) is 11.3 Å². The van der Waals surface area contributed by atoms with Crippen LogP contribution in [-0.2, 0) is 32.7 Å². The van der Waals surface area contributed by atoms with Crippen LogP contribution >= 0.6 is 0 Å². The average molecular weight is 471 g/mol. The van der Waals surface area contributed by atoms with Crippen LogP contribution in [0.2, 0.25) is 0 Å². The molecule has 0 N–H and O–H groups in total. The summed E-state index contributed by atoms with van der Waals surface area (Å²) in [5.74, 6) is 2.52. The number of hydrogen-bond acceptors (Lipinski definition) is 1. The molecule has 2 fully saturated rings. The minimum absolute atomic E-state index is 0. The summed E-state index contributed by atoms with van der Waals surface area (Å²) in [6.45, 7) is 5.17. The van der Waals surface area contributed by atoms with E-state index >= 15 is 0 Å². The first kappa shape index (κ1) is 21.1. The van der Waals surface area contributed by atoms with E-state index < -0.39 is 0 Å². The molecule has 6 aliphatic rings. The molecule has 1 radical (unpaired) electrons. The van der Waals surface area contributed by atoms with Gasteiger partial charge < -0.3 is 6.42 Å².